The molecular weight excluding hydrogens is 240 g/mol. The van der Waals surface area contributed by atoms with Gasteiger partial charge in [-0.05, 0) is 51.4 Å². The largest absolute Gasteiger partial charge is 0.364 e. The third kappa shape index (κ3) is 5.85. The first-order chi connectivity index (χ1) is 8.76. The average Bonchev–Trinajstić information content (AvgIpc) is 2.21. The smallest absolute Gasteiger partial charge is 0.235 e. The highest BCUT2D eigenvalue weighted by atomic mass is 16.5. The zero-order valence-electron chi connectivity index (χ0n) is 13.0. The first-order valence-corrected chi connectivity index (χ1v) is 7.18. The fourth-order valence-electron chi connectivity index (χ4n) is 3.48. The Morgan fingerprint density at radius 2 is 2.05 bits per heavy atom. The van der Waals surface area contributed by atoms with Crippen LogP contribution in [-0.2, 0) is 9.53 Å². The minimum Gasteiger partial charge on any atom is -0.364 e. The molecule has 0 saturated heterocycles. The summed E-state index contributed by atoms with van der Waals surface area (Å²) in [5, 5.41) is 3.34. The predicted octanol–water partition coefficient (Wildman–Crippen LogP) is 2.88. The van der Waals surface area contributed by atoms with Gasteiger partial charge in [0.15, 0.2) is 0 Å². The van der Waals surface area contributed by atoms with Crippen LogP contribution in [0.15, 0.2) is 4.99 Å². The summed E-state index contributed by atoms with van der Waals surface area (Å²) in [4.78, 5) is 14.7. The standard InChI is InChI=1S/C15H28N2O2/c1-12(2)19-11-16-8-13-6-14(3,4)9-15(5,7-13)17-10-18/h12-13,16H,6-9,11H2,1-5H3. The van der Waals surface area contributed by atoms with E-state index in [1.807, 2.05) is 13.8 Å². The summed E-state index contributed by atoms with van der Waals surface area (Å²) in [6, 6.07) is 0. The Kier molecular flexibility index (Phi) is 5.72. The van der Waals surface area contributed by atoms with Gasteiger partial charge in [-0.1, -0.05) is 13.8 Å². The van der Waals surface area contributed by atoms with Crippen molar-refractivity contribution in [1.82, 2.24) is 5.32 Å². The summed E-state index contributed by atoms with van der Waals surface area (Å²) in [6.45, 7) is 12.1. The lowest BCUT2D eigenvalue weighted by molar-refractivity contribution is 0.0529. The molecule has 4 nitrogen and oxygen atoms in total. The third-order valence-corrected chi connectivity index (χ3v) is 3.70. The highest BCUT2D eigenvalue weighted by molar-refractivity contribution is 5.35. The molecule has 0 aromatic carbocycles. The van der Waals surface area contributed by atoms with Gasteiger partial charge in [0.1, 0.15) is 0 Å². The molecule has 1 fully saturated rings. The Morgan fingerprint density at radius 3 is 2.63 bits per heavy atom. The van der Waals surface area contributed by atoms with Gasteiger partial charge >= 0.3 is 0 Å². The van der Waals surface area contributed by atoms with Crippen molar-refractivity contribution in [2.24, 2.45) is 16.3 Å². The maximum absolute atomic E-state index is 10.6. The van der Waals surface area contributed by atoms with Gasteiger partial charge in [0.2, 0.25) is 6.08 Å². The summed E-state index contributed by atoms with van der Waals surface area (Å²) in [6.07, 6.45) is 5.05. The van der Waals surface area contributed by atoms with Gasteiger partial charge in [-0.3, -0.25) is 5.32 Å². The highest BCUT2D eigenvalue weighted by Crippen LogP contribution is 2.45. The van der Waals surface area contributed by atoms with E-state index in [2.05, 4.69) is 31.1 Å². The number of ether oxygens (including phenoxy) is 1. The third-order valence-electron chi connectivity index (χ3n) is 3.70. The quantitative estimate of drug-likeness (QED) is 0.349. The summed E-state index contributed by atoms with van der Waals surface area (Å²) in [5.41, 5.74) is -0.0344. The fraction of sp³-hybridized carbons (Fsp3) is 0.933. The van der Waals surface area contributed by atoms with Gasteiger partial charge in [-0.2, -0.15) is 4.99 Å². The van der Waals surface area contributed by atoms with Crippen LogP contribution in [0, 0.1) is 11.3 Å². The second kappa shape index (κ2) is 6.65. The molecule has 110 valence electrons. The molecule has 0 heterocycles. The van der Waals surface area contributed by atoms with Crippen molar-refractivity contribution < 1.29 is 9.53 Å². The molecule has 0 radical (unpaired) electrons. The number of hydrogen-bond acceptors (Lipinski definition) is 4. The molecule has 19 heavy (non-hydrogen) atoms. The van der Waals surface area contributed by atoms with E-state index in [0.717, 1.165) is 25.8 Å². The average molecular weight is 268 g/mol. The van der Waals surface area contributed by atoms with Crippen LogP contribution in [0.1, 0.15) is 53.9 Å². The minimum atomic E-state index is -0.255. The van der Waals surface area contributed by atoms with E-state index in [4.69, 9.17) is 4.74 Å². The van der Waals surface area contributed by atoms with Crippen LogP contribution in [0.25, 0.3) is 0 Å². The van der Waals surface area contributed by atoms with Gasteiger partial charge in [-0.15, -0.1) is 0 Å². The van der Waals surface area contributed by atoms with E-state index >= 15 is 0 Å². The second-order valence-electron chi connectivity index (χ2n) is 7.13. The van der Waals surface area contributed by atoms with E-state index in [0.29, 0.717) is 12.6 Å². The number of aliphatic imine (C=N–C) groups is 1. The van der Waals surface area contributed by atoms with Crippen molar-refractivity contribution in [1.29, 1.82) is 0 Å². The van der Waals surface area contributed by atoms with Crippen LogP contribution in [-0.4, -0.2) is 31.0 Å². The number of carbonyl (C=O) groups excluding carboxylic acids is 1. The second-order valence-corrected chi connectivity index (χ2v) is 7.13. The van der Waals surface area contributed by atoms with Crippen LogP contribution < -0.4 is 5.32 Å². The Labute approximate surface area is 117 Å². The Morgan fingerprint density at radius 1 is 1.37 bits per heavy atom. The molecule has 0 aliphatic heterocycles. The summed E-state index contributed by atoms with van der Waals surface area (Å²) in [5.74, 6) is 0.529. The maximum atomic E-state index is 10.6. The summed E-state index contributed by atoms with van der Waals surface area (Å²) < 4.78 is 5.49. The van der Waals surface area contributed by atoms with Crippen molar-refractivity contribution >= 4 is 6.08 Å². The molecule has 0 bridgehead atoms. The number of nitrogens with zero attached hydrogens (tertiary/aromatic N) is 1. The minimum absolute atomic E-state index is 0.221. The van der Waals surface area contributed by atoms with Crippen LogP contribution in [0.4, 0.5) is 0 Å². The van der Waals surface area contributed by atoms with Crippen LogP contribution >= 0.6 is 0 Å². The first kappa shape index (κ1) is 16.4. The Bertz CT molecular complexity index is 335. The molecule has 1 aliphatic rings. The molecule has 1 aliphatic carbocycles. The molecule has 4 heteroatoms. The predicted molar refractivity (Wildman–Crippen MR) is 76.7 cm³/mol. The Hall–Kier alpha value is -0.700. The van der Waals surface area contributed by atoms with Crippen molar-refractivity contribution in [2.45, 2.75) is 65.5 Å². The monoisotopic (exact) mass is 268 g/mol. The molecule has 0 aromatic rings. The zero-order chi connectivity index (χ0) is 14.5. The molecular formula is C15H28N2O2. The topological polar surface area (TPSA) is 50.7 Å². The lowest BCUT2D eigenvalue weighted by atomic mass is 9.64. The maximum Gasteiger partial charge on any atom is 0.235 e. The van der Waals surface area contributed by atoms with Crippen molar-refractivity contribution in [2.75, 3.05) is 13.3 Å². The molecule has 0 amide bonds. The van der Waals surface area contributed by atoms with Gasteiger partial charge in [0.05, 0.1) is 18.4 Å². The molecule has 2 unspecified atom stereocenters. The summed E-state index contributed by atoms with van der Waals surface area (Å²) in [7, 11) is 0. The lowest BCUT2D eigenvalue weighted by Crippen LogP contribution is -2.42. The Balaban J connectivity index is 2.51. The summed E-state index contributed by atoms with van der Waals surface area (Å²) >= 11 is 0. The molecule has 0 aromatic heterocycles. The SMILES string of the molecule is CC(C)OCNCC1CC(C)(C)CC(C)(N=C=O)C1. The van der Waals surface area contributed by atoms with Gasteiger partial charge in [0, 0.05) is 6.54 Å². The molecule has 1 rings (SSSR count). The number of hydrogen-bond donors (Lipinski definition) is 1. The van der Waals surface area contributed by atoms with Crippen molar-refractivity contribution in [3.05, 3.63) is 0 Å². The van der Waals surface area contributed by atoms with E-state index in [1.165, 1.54) is 0 Å². The van der Waals surface area contributed by atoms with Crippen molar-refractivity contribution in [3.63, 3.8) is 0 Å². The fourth-order valence-corrected chi connectivity index (χ4v) is 3.48. The zero-order valence-corrected chi connectivity index (χ0v) is 13.0. The lowest BCUT2D eigenvalue weighted by Gasteiger charge is -2.44. The molecule has 0 spiro atoms. The molecule has 2 atom stereocenters. The number of nitrogens with one attached hydrogen (secondary N) is 1. The van der Waals surface area contributed by atoms with E-state index < -0.39 is 0 Å². The van der Waals surface area contributed by atoms with Crippen LogP contribution in [0.2, 0.25) is 0 Å². The number of rotatable bonds is 6. The molecule has 1 N–H and O–H groups in total. The normalized spacial score (nSPS) is 30.1. The number of isocyanates is 1. The van der Waals surface area contributed by atoms with Crippen LogP contribution in [0.3, 0.4) is 0 Å². The van der Waals surface area contributed by atoms with Crippen LogP contribution in [0.5, 0.6) is 0 Å². The van der Waals surface area contributed by atoms with E-state index in [1.54, 1.807) is 6.08 Å². The van der Waals surface area contributed by atoms with Gasteiger partial charge in [-0.25, -0.2) is 4.79 Å². The van der Waals surface area contributed by atoms with Crippen molar-refractivity contribution in [3.8, 4) is 0 Å². The van der Waals surface area contributed by atoms with E-state index in [9.17, 15) is 4.79 Å². The van der Waals surface area contributed by atoms with E-state index in [-0.39, 0.29) is 17.1 Å². The van der Waals surface area contributed by atoms with Gasteiger partial charge in [0.25, 0.3) is 0 Å². The first-order valence-electron chi connectivity index (χ1n) is 7.18. The van der Waals surface area contributed by atoms with Gasteiger partial charge < -0.3 is 4.74 Å². The molecule has 1 saturated carbocycles. The highest BCUT2D eigenvalue weighted by Gasteiger charge is 2.41.